The number of nitrogens with two attached hydrogens (primary N) is 1. The van der Waals surface area contributed by atoms with Gasteiger partial charge in [0.2, 0.25) is 5.91 Å². The summed E-state index contributed by atoms with van der Waals surface area (Å²) in [6.45, 7) is 4.33. The molecule has 15 atom stereocenters. The monoisotopic (exact) mass is 732 g/mol. The molecule has 51 heavy (non-hydrogen) atoms. The number of aliphatic carboxylic acids is 1. The van der Waals surface area contributed by atoms with Crippen LogP contribution in [0.15, 0.2) is 0 Å². The van der Waals surface area contributed by atoms with Gasteiger partial charge in [-0.25, -0.2) is 4.79 Å². The van der Waals surface area contributed by atoms with Crippen molar-refractivity contribution < 1.29 is 68.7 Å². The van der Waals surface area contributed by atoms with Gasteiger partial charge in [0.25, 0.3) is 0 Å². The molecule has 0 aromatic rings. The molecule has 4 aliphatic rings. The summed E-state index contributed by atoms with van der Waals surface area (Å²) in [5.41, 5.74) is 5.68. The fourth-order valence-corrected chi connectivity index (χ4v) is 8.10. The van der Waals surface area contributed by atoms with Crippen LogP contribution in [-0.2, 0) is 38.1 Å². The Bertz CT molecular complexity index is 1130. The highest BCUT2D eigenvalue weighted by Crippen LogP contribution is 2.40. The van der Waals surface area contributed by atoms with Gasteiger partial charge in [0.05, 0.1) is 24.9 Å². The molecule has 0 bridgehead atoms. The van der Waals surface area contributed by atoms with Crippen molar-refractivity contribution in [3.05, 3.63) is 0 Å². The zero-order chi connectivity index (χ0) is 37.4. The maximum Gasteiger partial charge on any atom is 0.332 e. The van der Waals surface area contributed by atoms with Crippen LogP contribution in [0.3, 0.4) is 0 Å². The van der Waals surface area contributed by atoms with Crippen molar-refractivity contribution in [1.82, 2.24) is 5.32 Å². The van der Waals surface area contributed by atoms with Crippen molar-refractivity contribution in [2.75, 3.05) is 13.2 Å². The minimum absolute atomic E-state index is 0.0214. The molecule has 2 saturated carbocycles. The normalized spacial score (nSPS) is 40.0. The van der Waals surface area contributed by atoms with E-state index in [1.165, 1.54) is 13.8 Å². The van der Waals surface area contributed by atoms with Crippen LogP contribution < -0.4 is 11.1 Å². The number of hydrogen-bond donors (Lipinski definition) is 8. The van der Waals surface area contributed by atoms with Gasteiger partial charge in [0.15, 0.2) is 18.7 Å². The molecule has 0 aromatic heterocycles. The Morgan fingerprint density at radius 1 is 0.922 bits per heavy atom. The zero-order valence-electron chi connectivity index (χ0n) is 30.0. The average Bonchev–Trinajstić information content (AvgIpc) is 3.11. The maximum absolute atomic E-state index is 13.4. The number of carbonyl (C=O) groups is 3. The molecule has 2 saturated heterocycles. The van der Waals surface area contributed by atoms with E-state index in [-0.39, 0.29) is 36.9 Å². The Kier molecular flexibility index (Phi) is 16.0. The van der Waals surface area contributed by atoms with E-state index in [1.54, 1.807) is 0 Å². The quantitative estimate of drug-likeness (QED) is 0.102. The number of rotatable bonds is 16. The number of Topliss-reactive ketones (excluding diaryl/α,β-unsaturated/α-hetero) is 1. The molecule has 1 amide bonds. The minimum Gasteiger partial charge on any atom is -0.479 e. The van der Waals surface area contributed by atoms with Crippen LogP contribution in [0.5, 0.6) is 0 Å². The van der Waals surface area contributed by atoms with E-state index < -0.39 is 104 Å². The molecule has 8 unspecified atom stereocenters. The molecule has 4 rings (SSSR count). The number of aliphatic hydroxyl groups is 5. The first kappa shape index (κ1) is 41.9. The van der Waals surface area contributed by atoms with Crippen LogP contribution in [0.4, 0.5) is 0 Å². The summed E-state index contributed by atoms with van der Waals surface area (Å²) in [7, 11) is 0. The number of carboxylic acid groups (broad SMARTS) is 1. The van der Waals surface area contributed by atoms with Crippen LogP contribution >= 0.6 is 0 Å². The van der Waals surface area contributed by atoms with E-state index in [9.17, 15) is 45.0 Å². The largest absolute Gasteiger partial charge is 0.479 e. The number of aliphatic hydroxyl groups excluding tert-OH is 5. The molecule has 2 heterocycles. The van der Waals surface area contributed by atoms with Gasteiger partial charge in [-0.15, -0.1) is 0 Å². The molecule has 294 valence electrons. The second kappa shape index (κ2) is 19.5. The molecule has 9 N–H and O–H groups in total. The lowest BCUT2D eigenvalue weighted by atomic mass is 9.74. The number of hydrogen-bond acceptors (Lipinski definition) is 14. The fourth-order valence-electron chi connectivity index (χ4n) is 8.10. The van der Waals surface area contributed by atoms with E-state index in [2.05, 4.69) is 5.32 Å². The van der Waals surface area contributed by atoms with Crippen LogP contribution in [0.2, 0.25) is 0 Å². The lowest BCUT2D eigenvalue weighted by molar-refractivity contribution is -0.338. The number of carbonyl (C=O) groups excluding carboxylic acids is 2. The number of ketones is 1. The minimum atomic E-state index is -1.61. The molecular formula is C35H60N2O14. The van der Waals surface area contributed by atoms with Gasteiger partial charge >= 0.3 is 5.97 Å². The summed E-state index contributed by atoms with van der Waals surface area (Å²) < 4.78 is 30.9. The van der Waals surface area contributed by atoms with E-state index in [1.807, 2.05) is 6.92 Å². The van der Waals surface area contributed by atoms with E-state index >= 15 is 0 Å². The molecule has 0 aromatic carbocycles. The number of amides is 1. The smallest absolute Gasteiger partial charge is 0.332 e. The maximum atomic E-state index is 13.4. The first-order valence-corrected chi connectivity index (χ1v) is 18.6. The Morgan fingerprint density at radius 3 is 2.24 bits per heavy atom. The summed E-state index contributed by atoms with van der Waals surface area (Å²) in [4.78, 5) is 38.4. The van der Waals surface area contributed by atoms with Gasteiger partial charge in [-0.3, -0.25) is 9.59 Å². The Hall–Kier alpha value is -1.83. The summed E-state index contributed by atoms with van der Waals surface area (Å²) in [6, 6.07) is -1.25. The first-order chi connectivity index (χ1) is 24.3. The van der Waals surface area contributed by atoms with Crippen LogP contribution in [-0.4, -0.2) is 141 Å². The van der Waals surface area contributed by atoms with Crippen molar-refractivity contribution in [3.63, 3.8) is 0 Å². The fraction of sp³-hybridized carbons (Fsp3) is 0.914. The topological polar surface area (TPSA) is 257 Å². The van der Waals surface area contributed by atoms with E-state index in [4.69, 9.17) is 29.4 Å². The van der Waals surface area contributed by atoms with Crippen LogP contribution in [0, 0.1) is 17.8 Å². The van der Waals surface area contributed by atoms with E-state index in [0.29, 0.717) is 25.8 Å². The van der Waals surface area contributed by atoms with Gasteiger partial charge < -0.3 is 65.4 Å². The molecule has 0 radical (unpaired) electrons. The van der Waals surface area contributed by atoms with Crippen molar-refractivity contribution in [2.45, 2.75) is 171 Å². The third kappa shape index (κ3) is 10.7. The SMILES string of the molecule is CCC1CC(C(=O)CCCN)C[C@@H](O[C@@H]2OC(CO)C(O)C(O[C@@H](CC3CCCCC3)C(=O)O)C2NC(C)=O)[C@@H]1OC1O[C@@H](C)[C@H](O)C(O)[C@@H]1O. The van der Waals surface area contributed by atoms with Crippen molar-refractivity contribution >= 4 is 17.7 Å². The molecule has 2 aliphatic carbocycles. The highest BCUT2D eigenvalue weighted by Gasteiger charge is 2.52. The average molecular weight is 733 g/mol. The number of nitrogens with one attached hydrogen (secondary N) is 1. The second-order valence-electron chi connectivity index (χ2n) is 14.8. The summed E-state index contributed by atoms with van der Waals surface area (Å²) in [6.07, 6.45) is -8.80. The van der Waals surface area contributed by atoms with Gasteiger partial charge in [0.1, 0.15) is 48.4 Å². The molecular weight excluding hydrogens is 672 g/mol. The van der Waals surface area contributed by atoms with Crippen LogP contribution in [0.25, 0.3) is 0 Å². The third-order valence-electron chi connectivity index (χ3n) is 11.0. The molecule has 2 aliphatic heterocycles. The van der Waals surface area contributed by atoms with Gasteiger partial charge in [-0.1, -0.05) is 45.4 Å². The first-order valence-electron chi connectivity index (χ1n) is 18.6. The molecule has 0 spiro atoms. The predicted octanol–water partition coefficient (Wildman–Crippen LogP) is -0.280. The molecule has 16 heteroatoms. The van der Waals surface area contributed by atoms with Crippen LogP contribution in [0.1, 0.15) is 91.4 Å². The third-order valence-corrected chi connectivity index (χ3v) is 11.0. The Balaban J connectivity index is 1.66. The second-order valence-corrected chi connectivity index (χ2v) is 14.8. The van der Waals surface area contributed by atoms with Gasteiger partial charge in [0, 0.05) is 19.3 Å². The lowest BCUT2D eigenvalue weighted by Gasteiger charge is -2.49. The van der Waals surface area contributed by atoms with Crippen molar-refractivity contribution in [2.24, 2.45) is 23.5 Å². The number of carboxylic acids is 1. The summed E-state index contributed by atoms with van der Waals surface area (Å²) in [5, 5.41) is 66.0. The highest BCUT2D eigenvalue weighted by atomic mass is 16.7. The van der Waals surface area contributed by atoms with Gasteiger partial charge in [-0.05, 0) is 51.0 Å². The summed E-state index contributed by atoms with van der Waals surface area (Å²) in [5.74, 6) is -2.49. The predicted molar refractivity (Wildman–Crippen MR) is 179 cm³/mol. The van der Waals surface area contributed by atoms with Crippen molar-refractivity contribution in [1.29, 1.82) is 0 Å². The summed E-state index contributed by atoms with van der Waals surface area (Å²) >= 11 is 0. The van der Waals surface area contributed by atoms with Gasteiger partial charge in [-0.2, -0.15) is 0 Å². The lowest BCUT2D eigenvalue weighted by Crippen LogP contribution is -2.67. The number of ether oxygens (including phenoxy) is 5. The molecule has 16 nitrogen and oxygen atoms in total. The Morgan fingerprint density at radius 2 is 1.63 bits per heavy atom. The van der Waals surface area contributed by atoms with Crippen molar-refractivity contribution in [3.8, 4) is 0 Å². The standard InChI is InChI=1S/C35H60N2O14/c1-4-20-14-21(22(40)11-8-12-36)15-23(31(20)51-35-30(44)29(43)27(41)17(2)47-35)49-34-26(37-18(3)39)32(28(42)25(16-38)50-34)48-24(33(45)46)13-19-9-6-5-7-10-19/h17,19-21,23-32,34-35,38,41-44H,4-16,36H2,1-3H3,(H,37,39)(H,45,46)/t17-,20?,21?,23+,24-,25?,26?,27-,28?,29?,30-,31+,32?,34+,35?/m0/s1. The highest BCUT2D eigenvalue weighted by molar-refractivity contribution is 5.81. The zero-order valence-corrected chi connectivity index (χ0v) is 30.0. The molecule has 4 fully saturated rings. The Labute approximate surface area is 299 Å². The van der Waals surface area contributed by atoms with E-state index in [0.717, 1.165) is 32.1 Å².